The summed E-state index contributed by atoms with van der Waals surface area (Å²) in [7, 11) is 0. The minimum Gasteiger partial charge on any atom is -0.307 e. The first-order valence-electron chi connectivity index (χ1n) is 7.29. The molecule has 3 rings (SSSR count). The summed E-state index contributed by atoms with van der Waals surface area (Å²) >= 11 is 18.1. The normalized spacial score (nSPS) is 10.6. The highest BCUT2D eigenvalue weighted by Gasteiger charge is 2.16. The zero-order chi connectivity index (χ0) is 19.7. The number of benzene rings is 2. The van der Waals surface area contributed by atoms with Crippen LogP contribution in [0, 0.1) is 10.1 Å². The van der Waals surface area contributed by atoms with E-state index in [0.717, 1.165) is 16.8 Å². The molecule has 0 unspecified atom stereocenters. The van der Waals surface area contributed by atoms with Crippen molar-refractivity contribution < 1.29 is 9.72 Å². The molecule has 11 heteroatoms. The van der Waals surface area contributed by atoms with E-state index in [0.29, 0.717) is 5.02 Å². The number of halogens is 3. The lowest BCUT2D eigenvalue weighted by atomic mass is 10.2. The smallest absolute Gasteiger partial charge is 0.273 e. The lowest BCUT2D eigenvalue weighted by Gasteiger charge is -2.08. The van der Waals surface area contributed by atoms with Crippen molar-refractivity contribution in [3.8, 4) is 5.69 Å². The molecule has 0 aliphatic heterocycles. The minimum atomic E-state index is -0.639. The van der Waals surface area contributed by atoms with Gasteiger partial charge in [-0.05, 0) is 18.2 Å². The van der Waals surface area contributed by atoms with Crippen molar-refractivity contribution in [2.24, 2.45) is 0 Å². The number of rotatable bonds is 4. The van der Waals surface area contributed by atoms with E-state index in [1.54, 1.807) is 0 Å². The summed E-state index contributed by atoms with van der Waals surface area (Å²) in [6, 6.07) is 9.13. The molecule has 27 heavy (non-hydrogen) atoms. The maximum absolute atomic E-state index is 12.3. The van der Waals surface area contributed by atoms with Gasteiger partial charge in [0.25, 0.3) is 17.2 Å². The van der Waals surface area contributed by atoms with E-state index in [-0.39, 0.29) is 32.8 Å². The first kappa shape index (κ1) is 19.0. The van der Waals surface area contributed by atoms with Gasteiger partial charge >= 0.3 is 0 Å². The predicted molar refractivity (Wildman–Crippen MR) is 102 cm³/mol. The second kappa shape index (κ2) is 7.43. The molecular weight excluding hydrogens is 419 g/mol. The topological polar surface area (TPSA) is 110 Å². The van der Waals surface area contributed by atoms with E-state index in [1.165, 1.54) is 30.3 Å². The van der Waals surface area contributed by atoms with E-state index >= 15 is 0 Å². The van der Waals surface area contributed by atoms with Gasteiger partial charge in [0.15, 0.2) is 0 Å². The van der Waals surface area contributed by atoms with Gasteiger partial charge in [-0.3, -0.25) is 24.8 Å². The number of hydrogen-bond donors (Lipinski definition) is 2. The Balaban J connectivity index is 1.92. The van der Waals surface area contributed by atoms with Crippen LogP contribution in [0.3, 0.4) is 0 Å². The van der Waals surface area contributed by atoms with Crippen molar-refractivity contribution in [3.05, 3.63) is 83.6 Å². The van der Waals surface area contributed by atoms with Crippen molar-refractivity contribution in [3.63, 3.8) is 0 Å². The Morgan fingerprint density at radius 3 is 2.41 bits per heavy atom. The van der Waals surface area contributed by atoms with Gasteiger partial charge in [-0.15, -0.1) is 0 Å². The largest absolute Gasteiger partial charge is 0.307 e. The average Bonchev–Trinajstić information content (AvgIpc) is 2.94. The lowest BCUT2D eigenvalue weighted by Crippen LogP contribution is -2.15. The number of H-pyrrole nitrogens is 1. The molecule has 0 aliphatic carbocycles. The summed E-state index contributed by atoms with van der Waals surface area (Å²) in [6.07, 6.45) is 0. The molecule has 8 nitrogen and oxygen atoms in total. The Hall–Kier alpha value is -2.81. The highest BCUT2D eigenvalue weighted by atomic mass is 35.5. The van der Waals surface area contributed by atoms with Crippen LogP contribution in [0.2, 0.25) is 15.1 Å². The van der Waals surface area contributed by atoms with Gasteiger partial charge in [-0.2, -0.15) is 0 Å². The summed E-state index contributed by atoms with van der Waals surface area (Å²) in [6.45, 7) is 0. The van der Waals surface area contributed by atoms with Gasteiger partial charge in [-0.1, -0.05) is 40.9 Å². The third-order valence-corrected chi connectivity index (χ3v) is 4.29. The van der Waals surface area contributed by atoms with Crippen LogP contribution >= 0.6 is 34.8 Å². The van der Waals surface area contributed by atoms with Gasteiger partial charge in [0.1, 0.15) is 11.5 Å². The van der Waals surface area contributed by atoms with Crippen molar-refractivity contribution in [1.82, 2.24) is 9.78 Å². The number of anilines is 1. The molecule has 138 valence electrons. The number of nitrogens with zero attached hydrogens (tertiary/aromatic N) is 2. The highest BCUT2D eigenvalue weighted by molar-refractivity contribution is 6.40. The second-order valence-corrected chi connectivity index (χ2v) is 6.57. The van der Waals surface area contributed by atoms with Crippen molar-refractivity contribution in [2.45, 2.75) is 0 Å². The number of non-ortho nitro benzene ring substituents is 1. The molecule has 0 saturated carbocycles. The maximum atomic E-state index is 12.3. The maximum Gasteiger partial charge on any atom is 0.273 e. The molecule has 0 aliphatic rings. The molecule has 1 heterocycles. The molecule has 0 atom stereocenters. The number of nitro groups is 1. The van der Waals surface area contributed by atoms with Crippen LogP contribution < -0.4 is 10.9 Å². The molecule has 1 amide bonds. The molecule has 2 aromatic carbocycles. The second-order valence-electron chi connectivity index (χ2n) is 5.32. The van der Waals surface area contributed by atoms with Crippen LogP contribution in [-0.2, 0) is 0 Å². The van der Waals surface area contributed by atoms with E-state index < -0.39 is 16.4 Å². The average molecular weight is 428 g/mol. The molecule has 3 aromatic rings. The van der Waals surface area contributed by atoms with E-state index in [2.05, 4.69) is 10.4 Å². The Morgan fingerprint density at radius 2 is 1.78 bits per heavy atom. The molecule has 0 radical (unpaired) electrons. The van der Waals surface area contributed by atoms with Crippen molar-refractivity contribution in [1.29, 1.82) is 0 Å². The van der Waals surface area contributed by atoms with Crippen LogP contribution in [0.4, 0.5) is 11.5 Å². The van der Waals surface area contributed by atoms with Crippen LogP contribution in [0.1, 0.15) is 10.4 Å². The van der Waals surface area contributed by atoms with Gasteiger partial charge in [0.2, 0.25) is 0 Å². The molecule has 0 saturated heterocycles. The van der Waals surface area contributed by atoms with E-state index in [4.69, 9.17) is 34.8 Å². The molecule has 0 spiro atoms. The summed E-state index contributed by atoms with van der Waals surface area (Å²) < 4.78 is 1.05. The van der Waals surface area contributed by atoms with Crippen LogP contribution in [-0.4, -0.2) is 20.6 Å². The number of hydrogen-bond acceptors (Lipinski definition) is 4. The van der Waals surface area contributed by atoms with E-state index in [1.807, 2.05) is 0 Å². The van der Waals surface area contributed by atoms with Crippen LogP contribution in [0.5, 0.6) is 0 Å². The standard InChI is InChI=1S/C16H9Cl3N4O4/c17-9-5-11(18)15(12(19)6-9)22-14(24)7-13(21-22)20-16(25)8-2-1-3-10(4-8)23(26)27/h1-7,21H,(H,20,25). The number of aromatic nitrogens is 2. The minimum absolute atomic E-state index is 0.0542. The zero-order valence-corrected chi connectivity index (χ0v) is 15.5. The van der Waals surface area contributed by atoms with Crippen LogP contribution in [0.15, 0.2) is 47.3 Å². The summed E-state index contributed by atoms with van der Waals surface area (Å²) in [5, 5.41) is 16.5. The Morgan fingerprint density at radius 1 is 1.11 bits per heavy atom. The fraction of sp³-hybridized carbons (Fsp3) is 0. The van der Waals surface area contributed by atoms with Gasteiger partial charge in [-0.25, -0.2) is 4.68 Å². The van der Waals surface area contributed by atoms with Crippen molar-refractivity contribution >= 4 is 52.2 Å². The summed E-state index contributed by atoms with van der Waals surface area (Å²) in [5.41, 5.74) is -0.534. The third-order valence-electron chi connectivity index (χ3n) is 3.49. The molecule has 0 bridgehead atoms. The van der Waals surface area contributed by atoms with E-state index in [9.17, 15) is 19.7 Å². The fourth-order valence-electron chi connectivity index (χ4n) is 2.33. The summed E-state index contributed by atoms with van der Waals surface area (Å²) in [5.74, 6) is -0.584. The Bertz CT molecular complexity index is 1100. The number of carbonyl (C=O) groups is 1. The number of nitrogens with one attached hydrogen (secondary N) is 2. The number of nitro benzene ring substituents is 1. The predicted octanol–water partition coefficient (Wildman–Crippen LogP) is 4.29. The monoisotopic (exact) mass is 426 g/mol. The van der Waals surface area contributed by atoms with Gasteiger partial charge < -0.3 is 5.32 Å². The number of amides is 1. The van der Waals surface area contributed by atoms with Crippen molar-refractivity contribution in [2.75, 3.05) is 5.32 Å². The lowest BCUT2D eigenvalue weighted by molar-refractivity contribution is -0.384. The molecule has 2 N–H and O–H groups in total. The third kappa shape index (κ3) is 3.97. The molecule has 1 aromatic heterocycles. The van der Waals surface area contributed by atoms with Gasteiger partial charge in [0.05, 0.1) is 15.0 Å². The zero-order valence-electron chi connectivity index (χ0n) is 13.2. The Labute approximate surface area is 166 Å². The first-order chi connectivity index (χ1) is 12.8. The quantitative estimate of drug-likeness (QED) is 0.478. The number of carbonyl (C=O) groups excluding carboxylic acids is 1. The summed E-state index contributed by atoms with van der Waals surface area (Å²) in [4.78, 5) is 34.7. The first-order valence-corrected chi connectivity index (χ1v) is 8.42. The Kier molecular flexibility index (Phi) is 5.22. The molecule has 0 fully saturated rings. The SMILES string of the molecule is O=C(Nc1cc(=O)n(-c2c(Cl)cc(Cl)cc2Cl)[nH]1)c1cccc([N+](=O)[O-])c1. The molecular formula is C16H9Cl3N4O4. The van der Waals surface area contributed by atoms with Crippen LogP contribution in [0.25, 0.3) is 5.69 Å². The fourth-order valence-corrected chi connectivity index (χ4v) is 3.32. The number of aromatic amines is 1. The van der Waals surface area contributed by atoms with Gasteiger partial charge in [0, 0.05) is 28.8 Å². The highest BCUT2D eigenvalue weighted by Crippen LogP contribution is 2.31.